The molecule has 12 heavy (non-hydrogen) atoms. The van der Waals surface area contributed by atoms with Crippen molar-refractivity contribution in [2.24, 2.45) is 0 Å². The zero-order chi connectivity index (χ0) is 9.56. The lowest BCUT2D eigenvalue weighted by Crippen LogP contribution is -2.19. The summed E-state index contributed by atoms with van der Waals surface area (Å²) < 4.78 is 0. The van der Waals surface area contributed by atoms with Crippen LogP contribution >= 0.6 is 0 Å². The minimum atomic E-state index is -0.329. The van der Waals surface area contributed by atoms with E-state index in [1.165, 1.54) is 12.2 Å². The first-order chi connectivity index (χ1) is 5.56. The van der Waals surface area contributed by atoms with E-state index >= 15 is 0 Å². The molecule has 0 aromatic carbocycles. The molecule has 0 aliphatic carbocycles. The van der Waals surface area contributed by atoms with Crippen LogP contribution in [0.25, 0.3) is 0 Å². The molecule has 4 heteroatoms. The van der Waals surface area contributed by atoms with Crippen molar-refractivity contribution in [1.29, 1.82) is 5.26 Å². The van der Waals surface area contributed by atoms with E-state index in [-0.39, 0.29) is 11.8 Å². The smallest absolute Gasteiger partial charge is 0.250 e. The van der Waals surface area contributed by atoms with Gasteiger partial charge < -0.3 is 0 Å². The van der Waals surface area contributed by atoms with Crippen LogP contribution in [0.5, 0.6) is 0 Å². The summed E-state index contributed by atoms with van der Waals surface area (Å²) in [6.07, 6.45) is 2.39. The van der Waals surface area contributed by atoms with Crippen molar-refractivity contribution in [2.45, 2.75) is 6.92 Å². The highest BCUT2D eigenvalue weighted by atomic mass is 16.2. The molecular formula is C8H8N2O2. The van der Waals surface area contributed by atoms with Gasteiger partial charge in [0, 0.05) is 17.7 Å². The van der Waals surface area contributed by atoms with Gasteiger partial charge in [-0.25, -0.2) is 0 Å². The van der Waals surface area contributed by atoms with E-state index in [9.17, 15) is 9.59 Å². The third-order valence-corrected chi connectivity index (χ3v) is 0.823. The number of allylic oxidation sites excluding steroid dienone is 1. The second-order valence-corrected chi connectivity index (χ2v) is 2.08. The van der Waals surface area contributed by atoms with Crippen molar-refractivity contribution in [1.82, 2.24) is 5.32 Å². The molecule has 1 aliphatic rings. The van der Waals surface area contributed by atoms with Crippen molar-refractivity contribution in [3.05, 3.63) is 24.3 Å². The highest BCUT2D eigenvalue weighted by Crippen LogP contribution is 1.82. The lowest BCUT2D eigenvalue weighted by Gasteiger charge is -1.80. The molecule has 0 saturated carbocycles. The molecule has 4 nitrogen and oxygen atoms in total. The quantitative estimate of drug-likeness (QED) is 0.413. The average Bonchev–Trinajstić information content (AvgIpc) is 2.36. The molecule has 0 spiro atoms. The van der Waals surface area contributed by atoms with Gasteiger partial charge in [0.15, 0.2) is 0 Å². The van der Waals surface area contributed by atoms with Crippen molar-refractivity contribution < 1.29 is 9.59 Å². The van der Waals surface area contributed by atoms with E-state index in [1.807, 2.05) is 11.4 Å². The molecule has 1 N–H and O–H groups in total. The Morgan fingerprint density at radius 2 is 1.83 bits per heavy atom. The fraction of sp³-hybridized carbons (Fsp3) is 0.125. The van der Waals surface area contributed by atoms with Gasteiger partial charge in [-0.1, -0.05) is 6.58 Å². The maximum absolute atomic E-state index is 10.0. The molecule has 0 unspecified atom stereocenters. The molecule has 1 heterocycles. The van der Waals surface area contributed by atoms with Crippen LogP contribution in [0, 0.1) is 11.3 Å². The average molecular weight is 164 g/mol. The van der Waals surface area contributed by atoms with E-state index in [1.54, 1.807) is 6.92 Å². The van der Waals surface area contributed by atoms with Crippen LogP contribution in [0.4, 0.5) is 0 Å². The fourth-order valence-electron chi connectivity index (χ4n) is 0.356. The molecule has 0 aromatic heterocycles. The van der Waals surface area contributed by atoms with Crippen molar-refractivity contribution in [2.75, 3.05) is 0 Å². The summed E-state index contributed by atoms with van der Waals surface area (Å²) in [5.74, 6) is -0.657. The first kappa shape index (κ1) is 10.1. The van der Waals surface area contributed by atoms with Crippen LogP contribution in [0.2, 0.25) is 0 Å². The summed E-state index contributed by atoms with van der Waals surface area (Å²) >= 11 is 0. The molecule has 0 bridgehead atoms. The zero-order valence-electron chi connectivity index (χ0n) is 6.63. The number of hydrogen-bond donors (Lipinski definition) is 1. The number of nitrogens with zero attached hydrogens (tertiary/aromatic N) is 1. The number of nitriles is 1. The van der Waals surface area contributed by atoms with Gasteiger partial charge >= 0.3 is 0 Å². The van der Waals surface area contributed by atoms with Gasteiger partial charge in [0.1, 0.15) is 0 Å². The molecule has 0 aromatic rings. The van der Waals surface area contributed by atoms with Crippen LogP contribution in [0.1, 0.15) is 6.92 Å². The molecule has 62 valence electrons. The fourth-order valence-corrected chi connectivity index (χ4v) is 0.356. The van der Waals surface area contributed by atoms with Crippen molar-refractivity contribution in [3.8, 4) is 6.07 Å². The molecule has 1 rings (SSSR count). The minimum absolute atomic E-state index is 0.329. The third kappa shape index (κ3) is 4.94. The largest absolute Gasteiger partial charge is 0.289 e. The minimum Gasteiger partial charge on any atom is -0.289 e. The summed E-state index contributed by atoms with van der Waals surface area (Å²) in [5.41, 5.74) is 0.560. The predicted octanol–water partition coefficient (Wildman–Crippen LogP) is 0.285. The molecule has 2 amide bonds. The zero-order valence-corrected chi connectivity index (χ0v) is 6.63. The Balaban J connectivity index is 0.000000217. The summed E-state index contributed by atoms with van der Waals surface area (Å²) in [6.45, 7) is 4.98. The Labute approximate surface area is 70.2 Å². The number of carbonyl (C=O) groups excluding carboxylic acids is 2. The standard InChI is InChI=1S/C4H3NO2.C4H5N/c6-3-1-2-4(7)5-3;1-4(2)3-5/h1-2H,(H,5,6,7);1H2,2H3. The van der Waals surface area contributed by atoms with E-state index in [4.69, 9.17) is 5.26 Å². The Morgan fingerprint density at radius 1 is 1.50 bits per heavy atom. The first-order valence-electron chi connectivity index (χ1n) is 3.15. The number of carbonyl (C=O) groups is 2. The lowest BCUT2D eigenvalue weighted by atomic mass is 10.4. The van der Waals surface area contributed by atoms with E-state index in [0.717, 1.165) is 0 Å². The highest BCUT2D eigenvalue weighted by molar-refractivity contribution is 6.12. The maximum atomic E-state index is 10.0. The number of amides is 2. The predicted molar refractivity (Wildman–Crippen MR) is 42.7 cm³/mol. The van der Waals surface area contributed by atoms with E-state index in [0.29, 0.717) is 5.57 Å². The second-order valence-electron chi connectivity index (χ2n) is 2.08. The van der Waals surface area contributed by atoms with Crippen LogP contribution in [0.15, 0.2) is 24.3 Å². The molecular weight excluding hydrogens is 156 g/mol. The van der Waals surface area contributed by atoms with Crippen molar-refractivity contribution in [3.63, 3.8) is 0 Å². The Hall–Kier alpha value is -1.89. The Bertz CT molecular complexity index is 268. The highest BCUT2D eigenvalue weighted by Gasteiger charge is 2.06. The summed E-state index contributed by atoms with van der Waals surface area (Å²) in [7, 11) is 0. The maximum Gasteiger partial charge on any atom is 0.250 e. The Morgan fingerprint density at radius 3 is 1.92 bits per heavy atom. The van der Waals surface area contributed by atoms with Crippen LogP contribution < -0.4 is 5.32 Å². The van der Waals surface area contributed by atoms with Gasteiger partial charge in [-0.15, -0.1) is 0 Å². The number of imide groups is 1. The number of rotatable bonds is 0. The first-order valence-corrected chi connectivity index (χ1v) is 3.15. The van der Waals surface area contributed by atoms with Gasteiger partial charge in [0.05, 0.1) is 6.07 Å². The lowest BCUT2D eigenvalue weighted by molar-refractivity contribution is -0.123. The summed E-state index contributed by atoms with van der Waals surface area (Å²) in [5, 5.41) is 9.82. The van der Waals surface area contributed by atoms with E-state index < -0.39 is 0 Å². The second kappa shape index (κ2) is 4.85. The number of nitrogens with one attached hydrogen (secondary N) is 1. The van der Waals surface area contributed by atoms with E-state index in [2.05, 4.69) is 6.58 Å². The SMILES string of the molecule is C=C(C)C#N.O=C1C=CC(=O)N1. The summed E-state index contributed by atoms with van der Waals surface area (Å²) in [6, 6.07) is 1.83. The van der Waals surface area contributed by atoms with Gasteiger partial charge in [-0.05, 0) is 6.92 Å². The summed E-state index contributed by atoms with van der Waals surface area (Å²) in [4.78, 5) is 20.1. The topological polar surface area (TPSA) is 70.0 Å². The van der Waals surface area contributed by atoms with Gasteiger partial charge in [-0.3, -0.25) is 14.9 Å². The third-order valence-electron chi connectivity index (χ3n) is 0.823. The molecule has 0 atom stereocenters. The van der Waals surface area contributed by atoms with Gasteiger partial charge in [0.2, 0.25) is 0 Å². The monoisotopic (exact) mass is 164 g/mol. The number of hydrogen-bond acceptors (Lipinski definition) is 3. The molecule has 0 fully saturated rings. The molecule has 0 saturated heterocycles. The van der Waals surface area contributed by atoms with Crippen molar-refractivity contribution >= 4 is 11.8 Å². The molecule has 1 aliphatic heterocycles. The van der Waals surface area contributed by atoms with Gasteiger partial charge in [0.25, 0.3) is 11.8 Å². The van der Waals surface area contributed by atoms with Gasteiger partial charge in [-0.2, -0.15) is 5.26 Å². The van der Waals surface area contributed by atoms with Crippen LogP contribution in [-0.2, 0) is 9.59 Å². The normalized spacial score (nSPS) is 12.7. The van der Waals surface area contributed by atoms with Crippen LogP contribution in [-0.4, -0.2) is 11.8 Å². The Kier molecular flexibility index (Phi) is 4.09. The molecule has 0 radical (unpaired) electrons. The van der Waals surface area contributed by atoms with Crippen LogP contribution in [0.3, 0.4) is 0 Å².